The van der Waals surface area contributed by atoms with Crippen LogP contribution in [0.25, 0.3) is 0 Å². The van der Waals surface area contributed by atoms with Crippen LogP contribution in [0.3, 0.4) is 0 Å². The molecule has 2 rings (SSSR count). The van der Waals surface area contributed by atoms with E-state index in [1.165, 1.54) is 5.56 Å². The van der Waals surface area contributed by atoms with Gasteiger partial charge in [-0.25, -0.2) is 0 Å². The fraction of sp³-hybridized carbons (Fsp3) is 0.333. The lowest BCUT2D eigenvalue weighted by Crippen LogP contribution is -2.13. The van der Waals surface area contributed by atoms with Crippen LogP contribution in [0.5, 0.6) is 5.75 Å². The molecule has 2 nitrogen and oxygen atoms in total. The normalized spacial score (nSPS) is 12.1. The van der Waals surface area contributed by atoms with Crippen molar-refractivity contribution in [3.8, 4) is 5.75 Å². The van der Waals surface area contributed by atoms with Gasteiger partial charge in [0.15, 0.2) is 0 Å². The standard InChI is InChI=1S/C18H22ClNO/c1-14-9-10-17(19)18(12-14)21-11-5-8-16(13-20)15-6-3-2-4-7-15/h2-4,6-7,9-10,12,16H,5,8,11,13,20H2,1H3. The van der Waals surface area contributed by atoms with Gasteiger partial charge < -0.3 is 10.5 Å². The first-order chi connectivity index (χ1) is 10.2. The van der Waals surface area contributed by atoms with Crippen molar-refractivity contribution in [2.24, 2.45) is 5.73 Å². The largest absolute Gasteiger partial charge is 0.492 e. The summed E-state index contributed by atoms with van der Waals surface area (Å²) in [6.45, 7) is 3.35. The minimum atomic E-state index is 0.391. The number of hydrogen-bond donors (Lipinski definition) is 1. The molecule has 2 aromatic carbocycles. The molecule has 112 valence electrons. The first-order valence-corrected chi connectivity index (χ1v) is 7.72. The van der Waals surface area contributed by atoms with Crippen LogP contribution in [-0.2, 0) is 0 Å². The lowest BCUT2D eigenvalue weighted by Gasteiger charge is -2.15. The van der Waals surface area contributed by atoms with Crippen molar-refractivity contribution < 1.29 is 4.74 Å². The van der Waals surface area contributed by atoms with E-state index in [1.54, 1.807) is 0 Å². The molecule has 3 heteroatoms. The molecule has 21 heavy (non-hydrogen) atoms. The molecule has 2 aromatic rings. The molecular formula is C18H22ClNO. The van der Waals surface area contributed by atoms with E-state index in [9.17, 15) is 0 Å². The maximum absolute atomic E-state index is 6.12. The van der Waals surface area contributed by atoms with Crippen LogP contribution >= 0.6 is 11.6 Å². The van der Waals surface area contributed by atoms with Gasteiger partial charge in [-0.05, 0) is 55.5 Å². The molecule has 0 aromatic heterocycles. The van der Waals surface area contributed by atoms with Crippen LogP contribution in [0, 0.1) is 6.92 Å². The van der Waals surface area contributed by atoms with Crippen LogP contribution in [0.2, 0.25) is 5.02 Å². The predicted octanol–water partition coefficient (Wildman–Crippen LogP) is 4.55. The number of nitrogens with two attached hydrogens (primary N) is 1. The van der Waals surface area contributed by atoms with Crippen molar-refractivity contribution in [1.82, 2.24) is 0 Å². The molecule has 0 bridgehead atoms. The second-order valence-electron chi connectivity index (χ2n) is 5.27. The van der Waals surface area contributed by atoms with Crippen molar-refractivity contribution in [3.63, 3.8) is 0 Å². The van der Waals surface area contributed by atoms with Gasteiger partial charge in [-0.3, -0.25) is 0 Å². The van der Waals surface area contributed by atoms with Gasteiger partial charge in [0.25, 0.3) is 0 Å². The molecule has 1 unspecified atom stereocenters. The molecule has 0 saturated carbocycles. The molecule has 0 spiro atoms. The smallest absolute Gasteiger partial charge is 0.138 e. The Hall–Kier alpha value is -1.51. The maximum Gasteiger partial charge on any atom is 0.138 e. The lowest BCUT2D eigenvalue weighted by molar-refractivity contribution is 0.302. The second-order valence-corrected chi connectivity index (χ2v) is 5.68. The number of rotatable bonds is 7. The number of hydrogen-bond acceptors (Lipinski definition) is 2. The Balaban J connectivity index is 1.82. The van der Waals surface area contributed by atoms with E-state index in [0.717, 1.165) is 24.2 Å². The van der Waals surface area contributed by atoms with Gasteiger partial charge >= 0.3 is 0 Å². The number of ether oxygens (including phenoxy) is 1. The van der Waals surface area contributed by atoms with Crippen LogP contribution in [0.4, 0.5) is 0 Å². The monoisotopic (exact) mass is 303 g/mol. The molecule has 0 aliphatic carbocycles. The second kappa shape index (κ2) is 8.06. The summed E-state index contributed by atoms with van der Waals surface area (Å²) >= 11 is 6.12. The number of benzene rings is 2. The summed E-state index contributed by atoms with van der Waals surface area (Å²) in [4.78, 5) is 0. The molecule has 0 amide bonds. The highest BCUT2D eigenvalue weighted by Crippen LogP contribution is 2.26. The Bertz CT molecular complexity index is 556. The zero-order valence-electron chi connectivity index (χ0n) is 12.4. The number of aryl methyl sites for hydroxylation is 1. The molecule has 2 N–H and O–H groups in total. The zero-order chi connectivity index (χ0) is 15.1. The van der Waals surface area contributed by atoms with Crippen LogP contribution < -0.4 is 10.5 Å². The third kappa shape index (κ3) is 4.76. The van der Waals surface area contributed by atoms with Crippen molar-refractivity contribution >= 4 is 11.6 Å². The van der Waals surface area contributed by atoms with Gasteiger partial charge in [0, 0.05) is 0 Å². The Morgan fingerprint density at radius 2 is 1.90 bits per heavy atom. The van der Waals surface area contributed by atoms with Crippen molar-refractivity contribution in [2.75, 3.05) is 13.2 Å². The topological polar surface area (TPSA) is 35.2 Å². The van der Waals surface area contributed by atoms with Crippen molar-refractivity contribution in [2.45, 2.75) is 25.7 Å². The SMILES string of the molecule is Cc1ccc(Cl)c(OCCCC(CN)c2ccccc2)c1. The Morgan fingerprint density at radius 3 is 2.62 bits per heavy atom. The van der Waals surface area contributed by atoms with Crippen LogP contribution in [0.15, 0.2) is 48.5 Å². The summed E-state index contributed by atoms with van der Waals surface area (Å²) in [7, 11) is 0. The third-order valence-corrected chi connectivity index (χ3v) is 3.91. The van der Waals surface area contributed by atoms with Crippen molar-refractivity contribution in [3.05, 3.63) is 64.7 Å². The molecule has 1 atom stereocenters. The molecule has 0 aliphatic rings. The molecule has 0 fully saturated rings. The summed E-state index contributed by atoms with van der Waals surface area (Å²) in [5.74, 6) is 1.16. The van der Waals surface area contributed by atoms with Gasteiger partial charge in [0.05, 0.1) is 11.6 Å². The van der Waals surface area contributed by atoms with Crippen molar-refractivity contribution in [1.29, 1.82) is 0 Å². The van der Waals surface area contributed by atoms with E-state index < -0.39 is 0 Å². The molecule has 0 aliphatic heterocycles. The van der Waals surface area contributed by atoms with E-state index in [4.69, 9.17) is 22.1 Å². The molecule has 0 saturated heterocycles. The average Bonchev–Trinajstić information content (AvgIpc) is 2.51. The van der Waals surface area contributed by atoms with Gasteiger partial charge in [0.2, 0.25) is 0 Å². The van der Waals surface area contributed by atoms with E-state index in [2.05, 4.69) is 24.3 Å². The molecule has 0 radical (unpaired) electrons. The summed E-state index contributed by atoms with van der Waals surface area (Å²) < 4.78 is 5.78. The lowest BCUT2D eigenvalue weighted by atomic mass is 9.95. The Morgan fingerprint density at radius 1 is 1.14 bits per heavy atom. The van der Waals surface area contributed by atoms with Gasteiger partial charge in [0.1, 0.15) is 5.75 Å². The first-order valence-electron chi connectivity index (χ1n) is 7.34. The molecular weight excluding hydrogens is 282 g/mol. The van der Waals surface area contributed by atoms with Crippen LogP contribution in [0.1, 0.15) is 29.9 Å². The Labute approximate surface area is 131 Å². The van der Waals surface area contributed by atoms with E-state index >= 15 is 0 Å². The molecule has 0 heterocycles. The quantitative estimate of drug-likeness (QED) is 0.762. The minimum absolute atomic E-state index is 0.391. The highest BCUT2D eigenvalue weighted by atomic mass is 35.5. The van der Waals surface area contributed by atoms with E-state index in [1.807, 2.05) is 31.2 Å². The van der Waals surface area contributed by atoms with Gasteiger partial charge in [-0.2, -0.15) is 0 Å². The zero-order valence-corrected chi connectivity index (χ0v) is 13.1. The fourth-order valence-electron chi connectivity index (χ4n) is 2.38. The van der Waals surface area contributed by atoms with Gasteiger partial charge in [-0.1, -0.05) is 48.0 Å². The fourth-order valence-corrected chi connectivity index (χ4v) is 2.55. The van der Waals surface area contributed by atoms with E-state index in [0.29, 0.717) is 24.1 Å². The first kappa shape index (κ1) is 15.9. The predicted molar refractivity (Wildman–Crippen MR) is 89.2 cm³/mol. The minimum Gasteiger partial charge on any atom is -0.492 e. The highest BCUT2D eigenvalue weighted by Gasteiger charge is 2.09. The summed E-state index contributed by atoms with van der Waals surface area (Å²) in [6.07, 6.45) is 1.98. The average molecular weight is 304 g/mol. The van der Waals surface area contributed by atoms with Crippen LogP contribution in [-0.4, -0.2) is 13.2 Å². The maximum atomic E-state index is 6.12. The van der Waals surface area contributed by atoms with Gasteiger partial charge in [-0.15, -0.1) is 0 Å². The highest BCUT2D eigenvalue weighted by molar-refractivity contribution is 6.32. The Kier molecular flexibility index (Phi) is 6.09. The van der Waals surface area contributed by atoms with E-state index in [-0.39, 0.29) is 0 Å². The third-order valence-electron chi connectivity index (χ3n) is 3.60. The number of halogens is 1. The summed E-state index contributed by atoms with van der Waals surface area (Å²) in [6, 6.07) is 16.2. The summed E-state index contributed by atoms with van der Waals surface area (Å²) in [5, 5.41) is 0.666. The summed E-state index contributed by atoms with van der Waals surface area (Å²) in [5.41, 5.74) is 8.33.